The third-order valence-electron chi connectivity index (χ3n) is 3.59. The van der Waals surface area contributed by atoms with Gasteiger partial charge in [-0.15, -0.1) is 0 Å². The van der Waals surface area contributed by atoms with E-state index in [1.165, 1.54) is 0 Å². The summed E-state index contributed by atoms with van der Waals surface area (Å²) in [6.45, 7) is 3.79. The zero-order valence-electron chi connectivity index (χ0n) is 14.2. The van der Waals surface area contributed by atoms with Crippen LogP contribution < -0.4 is 16.8 Å². The molecule has 0 saturated carbocycles. The first-order valence-corrected chi connectivity index (χ1v) is 7.89. The van der Waals surface area contributed by atoms with Gasteiger partial charge in [-0.2, -0.15) is 4.99 Å². The SMILES string of the molecule is Cc1cc(C)nc(N=C(N)Nc2ccc(-c3ccc(N)cc3)cc2)n1. The molecule has 6 heteroatoms. The van der Waals surface area contributed by atoms with Crippen LogP contribution in [0.15, 0.2) is 59.6 Å². The second kappa shape index (κ2) is 7.00. The third-order valence-corrected chi connectivity index (χ3v) is 3.59. The van der Waals surface area contributed by atoms with Crippen molar-refractivity contribution in [3.05, 3.63) is 66.0 Å². The third kappa shape index (κ3) is 4.32. The summed E-state index contributed by atoms with van der Waals surface area (Å²) in [5, 5.41) is 3.04. The number of guanidine groups is 1. The summed E-state index contributed by atoms with van der Waals surface area (Å²) in [4.78, 5) is 12.7. The number of hydrogen-bond donors (Lipinski definition) is 3. The maximum atomic E-state index is 5.95. The number of rotatable bonds is 3. The molecule has 0 radical (unpaired) electrons. The van der Waals surface area contributed by atoms with Crippen molar-refractivity contribution in [1.29, 1.82) is 0 Å². The van der Waals surface area contributed by atoms with Crippen LogP contribution in [-0.4, -0.2) is 15.9 Å². The molecule has 3 rings (SSSR count). The Morgan fingerprint density at radius 1 is 0.880 bits per heavy atom. The fourth-order valence-electron chi connectivity index (χ4n) is 2.46. The van der Waals surface area contributed by atoms with Crippen LogP contribution in [0.3, 0.4) is 0 Å². The van der Waals surface area contributed by atoms with Crippen LogP contribution >= 0.6 is 0 Å². The molecule has 0 amide bonds. The topological polar surface area (TPSA) is 102 Å². The molecule has 0 spiro atoms. The first-order valence-electron chi connectivity index (χ1n) is 7.89. The van der Waals surface area contributed by atoms with Crippen LogP contribution in [0, 0.1) is 13.8 Å². The van der Waals surface area contributed by atoms with Crippen LogP contribution in [0.5, 0.6) is 0 Å². The van der Waals surface area contributed by atoms with Crippen molar-refractivity contribution in [2.75, 3.05) is 11.1 Å². The molecule has 0 unspecified atom stereocenters. The molecule has 126 valence electrons. The number of nitrogens with zero attached hydrogens (tertiary/aromatic N) is 3. The van der Waals surface area contributed by atoms with Crippen molar-refractivity contribution in [3.63, 3.8) is 0 Å². The predicted molar refractivity (Wildman–Crippen MR) is 103 cm³/mol. The monoisotopic (exact) mass is 332 g/mol. The molecule has 1 heterocycles. The fraction of sp³-hybridized carbons (Fsp3) is 0.105. The Kier molecular flexibility index (Phi) is 4.61. The molecule has 0 fully saturated rings. The van der Waals surface area contributed by atoms with E-state index >= 15 is 0 Å². The number of anilines is 2. The zero-order valence-corrected chi connectivity index (χ0v) is 14.2. The average Bonchev–Trinajstić information content (AvgIpc) is 2.55. The van der Waals surface area contributed by atoms with E-state index in [9.17, 15) is 0 Å². The highest BCUT2D eigenvalue weighted by Gasteiger charge is 2.02. The second-order valence-corrected chi connectivity index (χ2v) is 5.77. The van der Waals surface area contributed by atoms with Gasteiger partial charge >= 0.3 is 0 Å². The number of hydrogen-bond acceptors (Lipinski definition) is 4. The summed E-state index contributed by atoms with van der Waals surface area (Å²) in [6, 6.07) is 17.5. The standard InChI is InChI=1S/C19H20N6/c1-12-11-13(2)23-19(22-12)25-18(21)24-17-9-5-15(6-10-17)14-3-7-16(20)8-4-14/h3-11H,20H2,1-2H3,(H3,21,22,23,24,25). The van der Waals surface area contributed by atoms with Gasteiger partial charge in [0.05, 0.1) is 0 Å². The van der Waals surface area contributed by atoms with E-state index in [1.54, 1.807) is 0 Å². The Balaban J connectivity index is 1.74. The highest BCUT2D eigenvalue weighted by molar-refractivity contribution is 5.93. The van der Waals surface area contributed by atoms with Gasteiger partial charge in [0.15, 0.2) is 0 Å². The molecule has 0 bridgehead atoms. The average molecular weight is 332 g/mol. The minimum absolute atomic E-state index is 0.241. The van der Waals surface area contributed by atoms with Crippen molar-refractivity contribution < 1.29 is 0 Å². The summed E-state index contributed by atoms with van der Waals surface area (Å²) < 4.78 is 0. The van der Waals surface area contributed by atoms with E-state index in [4.69, 9.17) is 11.5 Å². The van der Waals surface area contributed by atoms with E-state index in [0.717, 1.165) is 33.9 Å². The van der Waals surface area contributed by atoms with Gasteiger partial charge in [0.2, 0.25) is 5.96 Å². The van der Waals surface area contributed by atoms with Crippen molar-refractivity contribution in [2.24, 2.45) is 10.7 Å². The Hall–Kier alpha value is -3.41. The fourth-order valence-corrected chi connectivity index (χ4v) is 2.46. The molecule has 0 aliphatic heterocycles. The van der Waals surface area contributed by atoms with Gasteiger partial charge in [-0.05, 0) is 55.3 Å². The van der Waals surface area contributed by atoms with Gasteiger partial charge < -0.3 is 16.8 Å². The maximum absolute atomic E-state index is 5.95. The van der Waals surface area contributed by atoms with Gasteiger partial charge in [0.1, 0.15) is 0 Å². The first kappa shape index (κ1) is 16.4. The lowest BCUT2D eigenvalue weighted by molar-refractivity contribution is 1.04. The van der Waals surface area contributed by atoms with Crippen molar-refractivity contribution in [2.45, 2.75) is 13.8 Å². The smallest absolute Gasteiger partial charge is 0.253 e. The molecule has 0 aliphatic carbocycles. The molecule has 6 nitrogen and oxygen atoms in total. The summed E-state index contributed by atoms with van der Waals surface area (Å²) in [5.74, 6) is 0.589. The lowest BCUT2D eigenvalue weighted by Gasteiger charge is -2.07. The van der Waals surface area contributed by atoms with Crippen LogP contribution in [-0.2, 0) is 0 Å². The summed E-state index contributed by atoms with van der Waals surface area (Å²) >= 11 is 0. The van der Waals surface area contributed by atoms with Crippen molar-refractivity contribution >= 4 is 23.3 Å². The molecule has 0 atom stereocenters. The van der Waals surface area contributed by atoms with Gasteiger partial charge in [-0.3, -0.25) is 0 Å². The summed E-state index contributed by atoms with van der Waals surface area (Å²) in [5.41, 5.74) is 17.2. The number of aliphatic imine (C=N–C) groups is 1. The molecular weight excluding hydrogens is 312 g/mol. The van der Waals surface area contributed by atoms with Crippen LogP contribution in [0.25, 0.3) is 11.1 Å². The van der Waals surface area contributed by atoms with E-state index in [0.29, 0.717) is 5.95 Å². The molecule has 0 saturated heterocycles. The number of benzene rings is 2. The first-order chi connectivity index (χ1) is 12.0. The van der Waals surface area contributed by atoms with E-state index < -0.39 is 0 Å². The highest BCUT2D eigenvalue weighted by Crippen LogP contribution is 2.22. The zero-order chi connectivity index (χ0) is 17.8. The quantitative estimate of drug-likeness (QED) is 0.387. The minimum Gasteiger partial charge on any atom is -0.399 e. The number of nitrogen functional groups attached to an aromatic ring is 1. The van der Waals surface area contributed by atoms with Crippen LogP contribution in [0.2, 0.25) is 0 Å². The Morgan fingerprint density at radius 2 is 1.40 bits per heavy atom. The molecule has 3 aromatic rings. The van der Waals surface area contributed by atoms with Gasteiger partial charge in [-0.25, -0.2) is 9.97 Å². The minimum atomic E-state index is 0.241. The van der Waals surface area contributed by atoms with E-state index in [-0.39, 0.29) is 5.96 Å². The molecule has 2 aromatic carbocycles. The molecule has 0 aliphatic rings. The maximum Gasteiger partial charge on any atom is 0.253 e. The van der Waals surface area contributed by atoms with E-state index in [1.807, 2.05) is 68.4 Å². The largest absolute Gasteiger partial charge is 0.399 e. The summed E-state index contributed by atoms with van der Waals surface area (Å²) in [6.07, 6.45) is 0. The highest BCUT2D eigenvalue weighted by atomic mass is 15.2. The lowest BCUT2D eigenvalue weighted by Crippen LogP contribution is -2.22. The number of aryl methyl sites for hydroxylation is 2. The van der Waals surface area contributed by atoms with Crippen molar-refractivity contribution in [3.8, 4) is 11.1 Å². The predicted octanol–water partition coefficient (Wildman–Crippen LogP) is 3.40. The number of nitrogens with two attached hydrogens (primary N) is 2. The molecule has 25 heavy (non-hydrogen) atoms. The van der Waals surface area contributed by atoms with Gasteiger partial charge in [0, 0.05) is 22.8 Å². The van der Waals surface area contributed by atoms with E-state index in [2.05, 4.69) is 20.3 Å². The van der Waals surface area contributed by atoms with Crippen LogP contribution in [0.1, 0.15) is 11.4 Å². The van der Waals surface area contributed by atoms with Crippen molar-refractivity contribution in [1.82, 2.24) is 9.97 Å². The normalized spacial score (nSPS) is 11.4. The lowest BCUT2D eigenvalue weighted by atomic mass is 10.1. The van der Waals surface area contributed by atoms with Gasteiger partial charge in [-0.1, -0.05) is 24.3 Å². The molecule has 5 N–H and O–H groups in total. The van der Waals surface area contributed by atoms with Crippen LogP contribution in [0.4, 0.5) is 17.3 Å². The van der Waals surface area contributed by atoms with Gasteiger partial charge in [0.25, 0.3) is 5.95 Å². The second-order valence-electron chi connectivity index (χ2n) is 5.77. The summed E-state index contributed by atoms with van der Waals surface area (Å²) in [7, 11) is 0. The Labute approximate surface area is 146 Å². The Morgan fingerprint density at radius 3 is 1.96 bits per heavy atom. The molecular formula is C19H20N6. The molecule has 1 aromatic heterocycles. The Bertz CT molecular complexity index is 878. The number of aromatic nitrogens is 2. The number of nitrogens with one attached hydrogen (secondary N) is 1.